The number of nitrogens with one attached hydrogen (secondary N) is 1. The number of carbonyl (C=O) groups is 1. The molecule has 0 aliphatic rings. The van der Waals surface area contributed by atoms with Crippen LogP contribution in [0.15, 0.2) is 0 Å². The van der Waals surface area contributed by atoms with Gasteiger partial charge in [0, 0.05) is 19.1 Å². The van der Waals surface area contributed by atoms with Gasteiger partial charge in [0.25, 0.3) is 0 Å². The van der Waals surface area contributed by atoms with Crippen LogP contribution in [0.25, 0.3) is 0 Å². The summed E-state index contributed by atoms with van der Waals surface area (Å²) in [4.78, 5) is 12.5. The van der Waals surface area contributed by atoms with Crippen LogP contribution in [0.2, 0.25) is 0 Å². The highest BCUT2D eigenvalue weighted by Crippen LogP contribution is 1.85. The molecule has 0 atom stereocenters. The second kappa shape index (κ2) is 4.68. The molecule has 2 amide bonds. The zero-order valence-corrected chi connectivity index (χ0v) is 6.35. The molecule has 0 heterocycles. The normalized spacial score (nSPS) is 8.10. The van der Waals surface area contributed by atoms with Crippen molar-refractivity contribution >= 4 is 6.03 Å². The predicted molar refractivity (Wildman–Crippen MR) is 40.3 cm³/mol. The molecule has 1 N–H and O–H groups in total. The smallest absolute Gasteiger partial charge is 0.325 e. The molecule has 0 unspecified atom stereocenters. The van der Waals surface area contributed by atoms with E-state index in [4.69, 9.17) is 6.42 Å². The summed E-state index contributed by atoms with van der Waals surface area (Å²) in [5.41, 5.74) is 0. The van der Waals surface area contributed by atoms with Crippen LogP contribution in [-0.4, -0.2) is 24.0 Å². The number of hydrogen-bond acceptors (Lipinski definition) is 1. The average molecular weight is 140 g/mol. The molecule has 0 rings (SSSR count). The van der Waals surface area contributed by atoms with E-state index in [-0.39, 0.29) is 6.03 Å². The Labute approximate surface area is 61.4 Å². The second-order valence-electron chi connectivity index (χ2n) is 1.75. The van der Waals surface area contributed by atoms with Gasteiger partial charge in [-0.3, -0.25) is 5.32 Å². The lowest BCUT2D eigenvalue weighted by Crippen LogP contribution is -2.37. The fourth-order valence-electron chi connectivity index (χ4n) is 0.652. The van der Waals surface area contributed by atoms with Crippen molar-refractivity contribution in [1.29, 1.82) is 0 Å². The summed E-state index contributed by atoms with van der Waals surface area (Å²) in [5.74, 6) is 0. The fourth-order valence-corrected chi connectivity index (χ4v) is 0.652. The molecule has 0 aliphatic heterocycles. The molecule has 3 nitrogen and oxygen atoms in total. The molecule has 0 radical (unpaired) electrons. The molecule has 10 heavy (non-hydrogen) atoms. The van der Waals surface area contributed by atoms with E-state index in [1.54, 1.807) is 4.90 Å². The summed E-state index contributed by atoms with van der Waals surface area (Å²) in [6.45, 7) is 5.17. The van der Waals surface area contributed by atoms with Crippen molar-refractivity contribution in [2.24, 2.45) is 0 Å². The molecular weight excluding hydrogens is 128 g/mol. The highest BCUT2D eigenvalue weighted by Gasteiger charge is 2.05. The lowest BCUT2D eigenvalue weighted by atomic mass is 10.5. The van der Waals surface area contributed by atoms with Gasteiger partial charge in [-0.25, -0.2) is 4.79 Å². The third kappa shape index (κ3) is 2.40. The molecule has 0 aromatic heterocycles. The first-order valence-corrected chi connectivity index (χ1v) is 3.26. The van der Waals surface area contributed by atoms with Gasteiger partial charge in [0.2, 0.25) is 0 Å². The summed E-state index contributed by atoms with van der Waals surface area (Å²) in [6, 6.07) is 1.87. The number of urea groups is 1. The molecule has 0 fully saturated rings. The monoisotopic (exact) mass is 140 g/mol. The minimum Gasteiger partial charge on any atom is -0.325 e. The van der Waals surface area contributed by atoms with E-state index < -0.39 is 0 Å². The van der Waals surface area contributed by atoms with Crippen molar-refractivity contribution in [1.82, 2.24) is 10.2 Å². The van der Waals surface area contributed by atoms with Crippen LogP contribution >= 0.6 is 0 Å². The van der Waals surface area contributed by atoms with Gasteiger partial charge in [-0.1, -0.05) is 6.42 Å². The molecule has 0 aromatic carbocycles. The Bertz CT molecular complexity index is 144. The third-order valence-corrected chi connectivity index (χ3v) is 1.23. The Morgan fingerprint density at radius 1 is 1.60 bits per heavy atom. The summed E-state index contributed by atoms with van der Waals surface area (Å²) in [7, 11) is 0. The van der Waals surface area contributed by atoms with E-state index in [9.17, 15) is 4.79 Å². The standard InChI is InChI=1S/C7H12N2O/c1-4-8-7(10)9(5-2)6-3/h1H,5-6H2,2-3H3,(H,8,10). The second-order valence-corrected chi connectivity index (χ2v) is 1.75. The first-order valence-electron chi connectivity index (χ1n) is 3.26. The lowest BCUT2D eigenvalue weighted by Gasteiger charge is -2.16. The number of carbonyl (C=O) groups excluding carboxylic acids is 1. The Morgan fingerprint density at radius 2 is 2.10 bits per heavy atom. The van der Waals surface area contributed by atoms with Gasteiger partial charge in [-0.05, 0) is 13.8 Å². The van der Waals surface area contributed by atoms with Crippen LogP contribution in [0.1, 0.15) is 13.8 Å². The highest BCUT2D eigenvalue weighted by molar-refractivity contribution is 5.75. The minimum atomic E-state index is -0.201. The zero-order valence-electron chi connectivity index (χ0n) is 6.35. The van der Waals surface area contributed by atoms with E-state index in [1.165, 1.54) is 0 Å². The van der Waals surface area contributed by atoms with Crippen LogP contribution in [-0.2, 0) is 0 Å². The molecule has 0 saturated heterocycles. The Hall–Kier alpha value is -1.17. The molecule has 0 bridgehead atoms. The molecular formula is C7H12N2O. The molecule has 0 spiro atoms. The summed E-state index contributed by atoms with van der Waals surface area (Å²) in [6.07, 6.45) is 4.87. The van der Waals surface area contributed by atoms with Crippen LogP contribution in [0.4, 0.5) is 4.79 Å². The number of terminal acetylenes is 1. The van der Waals surface area contributed by atoms with Crippen molar-refractivity contribution in [3.05, 3.63) is 0 Å². The number of rotatable bonds is 2. The maximum atomic E-state index is 10.9. The van der Waals surface area contributed by atoms with E-state index in [0.717, 1.165) is 0 Å². The predicted octanol–water partition coefficient (Wildman–Crippen LogP) is 0.629. The van der Waals surface area contributed by atoms with Crippen LogP contribution in [0.3, 0.4) is 0 Å². The topological polar surface area (TPSA) is 32.3 Å². The quantitative estimate of drug-likeness (QED) is 0.443. The van der Waals surface area contributed by atoms with E-state index in [0.29, 0.717) is 13.1 Å². The molecule has 0 aromatic rings. The average Bonchev–Trinajstić information content (AvgIpc) is 1.91. The van der Waals surface area contributed by atoms with Gasteiger partial charge >= 0.3 is 6.03 Å². The van der Waals surface area contributed by atoms with E-state index >= 15 is 0 Å². The van der Waals surface area contributed by atoms with Gasteiger partial charge in [0.15, 0.2) is 0 Å². The van der Waals surface area contributed by atoms with Crippen LogP contribution < -0.4 is 5.32 Å². The largest absolute Gasteiger partial charge is 0.328 e. The van der Waals surface area contributed by atoms with Gasteiger partial charge < -0.3 is 4.90 Å². The maximum Gasteiger partial charge on any atom is 0.328 e. The van der Waals surface area contributed by atoms with E-state index in [1.807, 2.05) is 13.8 Å². The number of amides is 2. The SMILES string of the molecule is C#CNC(=O)N(CC)CC. The Morgan fingerprint density at radius 3 is 2.40 bits per heavy atom. The lowest BCUT2D eigenvalue weighted by molar-refractivity contribution is 0.208. The molecule has 3 heteroatoms. The number of nitrogens with zero attached hydrogens (tertiary/aromatic N) is 1. The van der Waals surface area contributed by atoms with Gasteiger partial charge in [-0.2, -0.15) is 0 Å². The minimum absolute atomic E-state index is 0.201. The molecule has 0 saturated carbocycles. The van der Waals surface area contributed by atoms with Gasteiger partial charge in [0.1, 0.15) is 0 Å². The summed E-state index contributed by atoms with van der Waals surface area (Å²) < 4.78 is 0. The summed E-state index contributed by atoms with van der Waals surface area (Å²) in [5, 5.41) is 2.26. The molecule has 0 aliphatic carbocycles. The van der Waals surface area contributed by atoms with Crippen molar-refractivity contribution in [3.8, 4) is 12.5 Å². The van der Waals surface area contributed by atoms with Gasteiger partial charge in [0.05, 0.1) is 0 Å². The van der Waals surface area contributed by atoms with Crippen molar-refractivity contribution in [2.75, 3.05) is 13.1 Å². The van der Waals surface area contributed by atoms with Crippen LogP contribution in [0, 0.1) is 12.5 Å². The van der Waals surface area contributed by atoms with Crippen molar-refractivity contribution in [2.45, 2.75) is 13.8 Å². The first kappa shape index (κ1) is 8.83. The third-order valence-electron chi connectivity index (χ3n) is 1.23. The molecule has 56 valence electrons. The van der Waals surface area contributed by atoms with E-state index in [2.05, 4.69) is 11.4 Å². The maximum absolute atomic E-state index is 10.9. The summed E-state index contributed by atoms with van der Waals surface area (Å²) >= 11 is 0. The zero-order chi connectivity index (χ0) is 7.98. The van der Waals surface area contributed by atoms with Gasteiger partial charge in [-0.15, -0.1) is 0 Å². The number of hydrogen-bond donors (Lipinski definition) is 1. The van der Waals surface area contributed by atoms with Crippen molar-refractivity contribution < 1.29 is 4.79 Å². The van der Waals surface area contributed by atoms with Crippen molar-refractivity contribution in [3.63, 3.8) is 0 Å². The first-order chi connectivity index (χ1) is 4.76. The highest BCUT2D eigenvalue weighted by atomic mass is 16.2. The Kier molecular flexibility index (Phi) is 4.14. The van der Waals surface area contributed by atoms with Crippen LogP contribution in [0.5, 0.6) is 0 Å². The Balaban J connectivity index is 3.79. The fraction of sp³-hybridized carbons (Fsp3) is 0.571.